The van der Waals surface area contributed by atoms with Crippen LogP contribution in [0.3, 0.4) is 0 Å². The highest BCUT2D eigenvalue weighted by Gasteiger charge is 2.17. The molecule has 0 spiro atoms. The fourth-order valence-corrected chi connectivity index (χ4v) is 3.41. The number of benzene rings is 2. The van der Waals surface area contributed by atoms with Crippen LogP contribution in [0.15, 0.2) is 53.4 Å². The fourth-order valence-electron chi connectivity index (χ4n) is 2.35. The van der Waals surface area contributed by atoms with Gasteiger partial charge in [0.2, 0.25) is 15.9 Å². The van der Waals surface area contributed by atoms with Gasteiger partial charge in [0.05, 0.1) is 13.7 Å². The minimum Gasteiger partial charge on any atom is -0.495 e. The predicted octanol–water partition coefficient (Wildman–Crippen LogP) is 2.81. The summed E-state index contributed by atoms with van der Waals surface area (Å²) in [5, 5.41) is 0.624. The molecule has 0 radical (unpaired) electrons. The Morgan fingerprint density at radius 2 is 1.90 bits per heavy atom. The van der Waals surface area contributed by atoms with Crippen LogP contribution in [0.2, 0.25) is 5.02 Å². The van der Waals surface area contributed by atoms with Gasteiger partial charge < -0.3 is 14.4 Å². The molecule has 1 amide bonds. The van der Waals surface area contributed by atoms with E-state index in [2.05, 4.69) is 4.72 Å². The van der Waals surface area contributed by atoms with Crippen LogP contribution in [0.1, 0.15) is 5.56 Å². The van der Waals surface area contributed by atoms with E-state index in [9.17, 15) is 13.2 Å². The third kappa shape index (κ3) is 6.49. The molecule has 9 heteroatoms. The number of halogens is 1. The van der Waals surface area contributed by atoms with Crippen molar-refractivity contribution in [2.24, 2.45) is 0 Å². The summed E-state index contributed by atoms with van der Waals surface area (Å²) in [5.41, 5.74) is 0.554. The lowest BCUT2D eigenvalue weighted by molar-refractivity contribution is -0.125. The zero-order chi connectivity index (χ0) is 21.4. The number of hydrogen-bond acceptors (Lipinski definition) is 5. The Kier molecular flexibility index (Phi) is 8.07. The SMILES string of the molecule is CNS(=O)(=O)c1cc(/C=C/C(=O)N(C)CCOc2ccc(Cl)cc2)ccc1OC. The first kappa shape index (κ1) is 22.7. The van der Waals surface area contributed by atoms with Crippen molar-refractivity contribution < 1.29 is 22.7 Å². The number of carbonyl (C=O) groups excluding carboxylic acids is 1. The van der Waals surface area contributed by atoms with Crippen molar-refractivity contribution >= 4 is 33.6 Å². The Balaban J connectivity index is 1.98. The molecule has 2 rings (SSSR count). The molecule has 2 aromatic carbocycles. The molecule has 156 valence electrons. The van der Waals surface area contributed by atoms with Gasteiger partial charge in [-0.05, 0) is 55.1 Å². The summed E-state index contributed by atoms with van der Waals surface area (Å²) in [6, 6.07) is 11.6. The van der Waals surface area contributed by atoms with Gasteiger partial charge >= 0.3 is 0 Å². The van der Waals surface area contributed by atoms with E-state index in [0.29, 0.717) is 29.5 Å². The van der Waals surface area contributed by atoms with Crippen molar-refractivity contribution in [3.63, 3.8) is 0 Å². The van der Waals surface area contributed by atoms with Gasteiger partial charge in [0, 0.05) is 18.1 Å². The Bertz CT molecular complexity index is 975. The standard InChI is InChI=1S/C20H23ClN2O5S/c1-22-29(25,26)19-14-15(4-10-18(19)27-3)5-11-20(24)23(2)12-13-28-17-8-6-16(21)7-9-17/h4-11,14,22H,12-13H2,1-3H3/b11-5+. The summed E-state index contributed by atoms with van der Waals surface area (Å²) in [5.74, 6) is 0.653. The summed E-state index contributed by atoms with van der Waals surface area (Å²) in [7, 11) is 0.681. The largest absolute Gasteiger partial charge is 0.495 e. The minimum absolute atomic E-state index is 0.00168. The van der Waals surface area contributed by atoms with E-state index >= 15 is 0 Å². The molecule has 0 aliphatic rings. The molecule has 0 bridgehead atoms. The van der Waals surface area contributed by atoms with E-state index in [0.717, 1.165) is 0 Å². The molecular formula is C20H23ClN2O5S. The highest BCUT2D eigenvalue weighted by Crippen LogP contribution is 2.25. The van der Waals surface area contributed by atoms with E-state index in [-0.39, 0.29) is 16.6 Å². The van der Waals surface area contributed by atoms with Crippen LogP contribution >= 0.6 is 11.6 Å². The number of carbonyl (C=O) groups is 1. The molecule has 2 aromatic rings. The minimum atomic E-state index is -3.69. The lowest BCUT2D eigenvalue weighted by Crippen LogP contribution is -2.29. The summed E-state index contributed by atoms with van der Waals surface area (Å²) in [4.78, 5) is 13.8. The highest BCUT2D eigenvalue weighted by molar-refractivity contribution is 7.89. The van der Waals surface area contributed by atoms with E-state index in [1.54, 1.807) is 43.5 Å². The molecule has 0 aromatic heterocycles. The molecular weight excluding hydrogens is 416 g/mol. The lowest BCUT2D eigenvalue weighted by atomic mass is 10.2. The van der Waals surface area contributed by atoms with Crippen LogP contribution in [0.25, 0.3) is 6.08 Å². The molecule has 1 N–H and O–H groups in total. The zero-order valence-electron chi connectivity index (χ0n) is 16.4. The molecule has 0 saturated heterocycles. The molecule has 0 atom stereocenters. The van der Waals surface area contributed by atoms with Crippen LogP contribution in [0.4, 0.5) is 0 Å². The number of ether oxygens (including phenoxy) is 2. The molecule has 29 heavy (non-hydrogen) atoms. The highest BCUT2D eigenvalue weighted by atomic mass is 35.5. The number of likely N-dealkylation sites (N-methyl/N-ethyl adjacent to an activating group) is 1. The Morgan fingerprint density at radius 1 is 1.21 bits per heavy atom. The second-order valence-corrected chi connectivity index (χ2v) is 8.30. The monoisotopic (exact) mass is 438 g/mol. The quantitative estimate of drug-likeness (QED) is 0.608. The first-order valence-corrected chi connectivity index (χ1v) is 10.6. The number of amides is 1. The molecule has 7 nitrogen and oxygen atoms in total. The third-order valence-corrected chi connectivity index (χ3v) is 5.74. The summed E-state index contributed by atoms with van der Waals surface area (Å²) in [6.45, 7) is 0.707. The third-order valence-electron chi connectivity index (χ3n) is 4.05. The van der Waals surface area contributed by atoms with Crippen LogP contribution in [0, 0.1) is 0 Å². The number of nitrogens with one attached hydrogen (secondary N) is 1. The summed E-state index contributed by atoms with van der Waals surface area (Å²) >= 11 is 5.82. The fraction of sp³-hybridized carbons (Fsp3) is 0.250. The van der Waals surface area contributed by atoms with Crippen LogP contribution < -0.4 is 14.2 Å². The smallest absolute Gasteiger partial charge is 0.246 e. The van der Waals surface area contributed by atoms with Crippen molar-refractivity contribution in [2.75, 3.05) is 34.4 Å². The van der Waals surface area contributed by atoms with Gasteiger partial charge in [0.15, 0.2) is 0 Å². The first-order chi connectivity index (χ1) is 13.8. The second kappa shape index (κ2) is 10.3. The number of nitrogens with zero attached hydrogens (tertiary/aromatic N) is 1. The van der Waals surface area contributed by atoms with Crippen molar-refractivity contribution in [2.45, 2.75) is 4.90 Å². The van der Waals surface area contributed by atoms with Crippen molar-refractivity contribution in [3.05, 3.63) is 59.1 Å². The van der Waals surface area contributed by atoms with E-state index < -0.39 is 10.0 Å². The number of rotatable bonds is 9. The maximum absolute atomic E-state index is 12.3. The van der Waals surface area contributed by atoms with Crippen molar-refractivity contribution in [1.82, 2.24) is 9.62 Å². The molecule has 0 heterocycles. The average Bonchev–Trinajstić information content (AvgIpc) is 2.73. The Morgan fingerprint density at radius 3 is 2.52 bits per heavy atom. The van der Waals surface area contributed by atoms with Gasteiger partial charge in [-0.1, -0.05) is 17.7 Å². The van der Waals surface area contributed by atoms with Crippen LogP contribution in [-0.4, -0.2) is 53.6 Å². The number of sulfonamides is 1. The summed E-state index contributed by atoms with van der Waals surface area (Å²) in [6.07, 6.45) is 2.92. The molecule has 0 aliphatic heterocycles. The van der Waals surface area contributed by atoms with E-state index in [1.807, 2.05) is 0 Å². The van der Waals surface area contributed by atoms with Gasteiger partial charge in [0.1, 0.15) is 23.0 Å². The number of methoxy groups -OCH3 is 1. The maximum atomic E-state index is 12.3. The van der Waals surface area contributed by atoms with Gasteiger partial charge in [-0.15, -0.1) is 0 Å². The zero-order valence-corrected chi connectivity index (χ0v) is 18.0. The van der Waals surface area contributed by atoms with Gasteiger partial charge in [-0.2, -0.15) is 0 Å². The predicted molar refractivity (Wildman–Crippen MR) is 113 cm³/mol. The molecule has 0 unspecified atom stereocenters. The first-order valence-electron chi connectivity index (χ1n) is 8.70. The summed E-state index contributed by atoms with van der Waals surface area (Å²) < 4.78 is 37.2. The molecule has 0 aliphatic carbocycles. The van der Waals surface area contributed by atoms with E-state index in [4.69, 9.17) is 21.1 Å². The van der Waals surface area contributed by atoms with Gasteiger partial charge in [-0.3, -0.25) is 4.79 Å². The van der Waals surface area contributed by atoms with Gasteiger partial charge in [0.25, 0.3) is 0 Å². The van der Waals surface area contributed by atoms with E-state index in [1.165, 1.54) is 37.3 Å². The normalized spacial score (nSPS) is 11.4. The van der Waals surface area contributed by atoms with Gasteiger partial charge in [-0.25, -0.2) is 13.1 Å². The topological polar surface area (TPSA) is 84.9 Å². The maximum Gasteiger partial charge on any atom is 0.246 e. The number of hydrogen-bond donors (Lipinski definition) is 1. The van der Waals surface area contributed by atoms with Crippen molar-refractivity contribution in [1.29, 1.82) is 0 Å². The lowest BCUT2D eigenvalue weighted by Gasteiger charge is -2.15. The van der Waals surface area contributed by atoms with Crippen LogP contribution in [-0.2, 0) is 14.8 Å². The van der Waals surface area contributed by atoms with Crippen LogP contribution in [0.5, 0.6) is 11.5 Å². The average molecular weight is 439 g/mol. The molecule has 0 saturated carbocycles. The molecule has 0 fully saturated rings. The second-order valence-electron chi connectivity index (χ2n) is 6.01. The Hall–Kier alpha value is -2.55. The van der Waals surface area contributed by atoms with Crippen molar-refractivity contribution in [3.8, 4) is 11.5 Å². The Labute approximate surface area is 175 Å².